The molecule has 2 aliphatic carbocycles. The van der Waals surface area contributed by atoms with Crippen LogP contribution in [0.15, 0.2) is 29.8 Å². The molecule has 0 unspecified atom stereocenters. The van der Waals surface area contributed by atoms with E-state index in [1.54, 1.807) is 0 Å². The van der Waals surface area contributed by atoms with Crippen LogP contribution in [0.5, 0.6) is 0 Å². The molecule has 0 radical (unpaired) electrons. The first-order valence-electron chi connectivity index (χ1n) is 13.2. The molecule has 1 N–H and O–H groups in total. The Hall–Kier alpha value is -1.85. The van der Waals surface area contributed by atoms with Crippen LogP contribution in [0.4, 0.5) is 5.69 Å². The Labute approximate surface area is 206 Å². The SMILES string of the molecule is CC(=O)O[C@@H]1C[C@@]2(O)[C@H](C)CC[C@@H]([C@H](C)CN3CCN(c4ccc(C)c(C)c4)CC3)[C@H]2C=C1C. The lowest BCUT2D eigenvalue weighted by atomic mass is 9.57. The molecule has 6 atom stereocenters. The van der Waals surface area contributed by atoms with Crippen molar-refractivity contribution >= 4 is 11.7 Å². The van der Waals surface area contributed by atoms with Crippen molar-refractivity contribution in [1.29, 1.82) is 0 Å². The van der Waals surface area contributed by atoms with Crippen LogP contribution in [0.2, 0.25) is 0 Å². The highest BCUT2D eigenvalue weighted by atomic mass is 16.5. The number of carbonyl (C=O) groups excluding carboxylic acids is 1. The van der Waals surface area contributed by atoms with Crippen molar-refractivity contribution in [2.24, 2.45) is 23.7 Å². The van der Waals surface area contributed by atoms with E-state index in [-0.39, 0.29) is 23.9 Å². The van der Waals surface area contributed by atoms with E-state index in [0.717, 1.165) is 51.1 Å². The summed E-state index contributed by atoms with van der Waals surface area (Å²) in [6.07, 6.45) is 4.65. The third kappa shape index (κ3) is 5.06. The van der Waals surface area contributed by atoms with Gasteiger partial charge in [0.15, 0.2) is 0 Å². The van der Waals surface area contributed by atoms with E-state index >= 15 is 0 Å². The Morgan fingerprint density at radius 2 is 1.85 bits per heavy atom. The van der Waals surface area contributed by atoms with Crippen LogP contribution in [0, 0.1) is 37.5 Å². The Kier molecular flexibility index (Phi) is 7.44. The number of anilines is 1. The molecule has 0 amide bonds. The molecule has 5 heteroatoms. The largest absolute Gasteiger partial charge is 0.458 e. The molecule has 34 heavy (non-hydrogen) atoms. The molecule has 0 aromatic heterocycles. The molecule has 1 heterocycles. The molecule has 1 saturated carbocycles. The second kappa shape index (κ2) is 10.0. The number of fused-ring (bicyclic) bond motifs is 1. The van der Waals surface area contributed by atoms with Crippen LogP contribution in [0.25, 0.3) is 0 Å². The molecule has 4 rings (SSSR count). The highest BCUT2D eigenvalue weighted by Gasteiger charge is 2.52. The molecule has 1 aromatic carbocycles. The highest BCUT2D eigenvalue weighted by molar-refractivity contribution is 5.66. The van der Waals surface area contributed by atoms with Crippen molar-refractivity contribution in [1.82, 2.24) is 4.90 Å². The van der Waals surface area contributed by atoms with Crippen molar-refractivity contribution in [2.45, 2.75) is 72.5 Å². The number of benzene rings is 1. The molecule has 188 valence electrons. The van der Waals surface area contributed by atoms with Gasteiger partial charge in [0.1, 0.15) is 6.10 Å². The first-order chi connectivity index (χ1) is 16.1. The summed E-state index contributed by atoms with van der Waals surface area (Å²) in [5.74, 6) is 1.03. The van der Waals surface area contributed by atoms with Crippen molar-refractivity contribution in [3.05, 3.63) is 41.0 Å². The number of rotatable bonds is 5. The Balaban J connectivity index is 1.40. The van der Waals surface area contributed by atoms with Gasteiger partial charge in [-0.1, -0.05) is 26.0 Å². The lowest BCUT2D eigenvalue weighted by Gasteiger charge is -2.53. The number of nitrogens with zero attached hydrogens (tertiary/aromatic N) is 2. The summed E-state index contributed by atoms with van der Waals surface area (Å²) in [5.41, 5.74) is 4.35. The van der Waals surface area contributed by atoms with E-state index in [2.05, 4.69) is 68.7 Å². The summed E-state index contributed by atoms with van der Waals surface area (Å²) in [4.78, 5) is 16.7. The zero-order valence-corrected chi connectivity index (χ0v) is 22.0. The van der Waals surface area contributed by atoms with Crippen LogP contribution in [-0.4, -0.2) is 60.4 Å². The monoisotopic (exact) mass is 468 g/mol. The first-order valence-corrected chi connectivity index (χ1v) is 13.2. The van der Waals surface area contributed by atoms with E-state index in [4.69, 9.17) is 4.74 Å². The van der Waals surface area contributed by atoms with Gasteiger partial charge >= 0.3 is 5.97 Å². The minimum atomic E-state index is -0.793. The van der Waals surface area contributed by atoms with Crippen LogP contribution in [0.1, 0.15) is 58.1 Å². The lowest BCUT2D eigenvalue weighted by Crippen LogP contribution is -2.56. The number of aryl methyl sites for hydroxylation is 2. The number of carbonyl (C=O) groups is 1. The van der Waals surface area contributed by atoms with Crippen molar-refractivity contribution in [2.75, 3.05) is 37.6 Å². The topological polar surface area (TPSA) is 53.0 Å². The van der Waals surface area contributed by atoms with Gasteiger partial charge < -0.3 is 14.7 Å². The van der Waals surface area contributed by atoms with Gasteiger partial charge in [0.25, 0.3) is 0 Å². The van der Waals surface area contributed by atoms with Crippen LogP contribution < -0.4 is 4.90 Å². The minimum Gasteiger partial charge on any atom is -0.458 e. The van der Waals surface area contributed by atoms with Crippen molar-refractivity contribution in [3.63, 3.8) is 0 Å². The van der Waals surface area contributed by atoms with E-state index in [0.29, 0.717) is 18.3 Å². The molecule has 1 aliphatic heterocycles. The first kappa shape index (κ1) is 25.2. The third-order valence-electron chi connectivity index (χ3n) is 9.10. The Bertz CT molecular complexity index is 920. The molecule has 1 aromatic rings. The Morgan fingerprint density at radius 1 is 1.15 bits per heavy atom. The summed E-state index contributed by atoms with van der Waals surface area (Å²) in [7, 11) is 0. The van der Waals surface area contributed by atoms with Gasteiger partial charge in [-0.3, -0.25) is 9.69 Å². The van der Waals surface area contributed by atoms with E-state index in [1.165, 1.54) is 23.7 Å². The maximum absolute atomic E-state index is 11.8. The Morgan fingerprint density at radius 3 is 2.50 bits per heavy atom. The predicted molar refractivity (Wildman–Crippen MR) is 138 cm³/mol. The van der Waals surface area contributed by atoms with Gasteiger partial charge in [-0.15, -0.1) is 0 Å². The summed E-state index contributed by atoms with van der Waals surface area (Å²) in [6.45, 7) is 17.8. The zero-order valence-electron chi connectivity index (χ0n) is 22.0. The molecule has 0 bridgehead atoms. The summed E-state index contributed by atoms with van der Waals surface area (Å²) >= 11 is 0. The smallest absolute Gasteiger partial charge is 0.303 e. The number of esters is 1. The summed E-state index contributed by atoms with van der Waals surface area (Å²) < 4.78 is 5.56. The molecular formula is C29H44N2O3. The predicted octanol–water partition coefficient (Wildman–Crippen LogP) is 4.74. The second-order valence-corrected chi connectivity index (χ2v) is 11.4. The standard InChI is InChI=1S/C29H44N2O3/c1-19-7-9-25(15-20(19)2)31-13-11-30(12-14-31)18-22(4)26-10-8-23(5)29(33)17-28(34-24(6)32)21(3)16-27(26)29/h7,9,15-16,22-23,26-28,33H,8,10-14,17-18H2,1-6H3/t22-,23-,26+,27-,28-,29-/m1/s1. The minimum absolute atomic E-state index is 0.134. The van der Waals surface area contributed by atoms with Crippen LogP contribution >= 0.6 is 0 Å². The fraction of sp³-hybridized carbons (Fsp3) is 0.690. The molecule has 5 nitrogen and oxygen atoms in total. The van der Waals surface area contributed by atoms with Gasteiger partial charge in [0.05, 0.1) is 5.60 Å². The lowest BCUT2D eigenvalue weighted by molar-refractivity contribution is -0.159. The van der Waals surface area contributed by atoms with Crippen LogP contribution in [-0.2, 0) is 9.53 Å². The molecule has 0 spiro atoms. The maximum atomic E-state index is 11.8. The van der Waals surface area contributed by atoms with Crippen LogP contribution in [0.3, 0.4) is 0 Å². The van der Waals surface area contributed by atoms with Gasteiger partial charge in [-0.25, -0.2) is 0 Å². The van der Waals surface area contributed by atoms with E-state index < -0.39 is 5.60 Å². The normalized spacial score (nSPS) is 33.1. The van der Waals surface area contributed by atoms with E-state index in [1.807, 2.05) is 0 Å². The molecule has 3 aliphatic rings. The van der Waals surface area contributed by atoms with Crippen molar-refractivity contribution in [3.8, 4) is 0 Å². The number of hydrogen-bond acceptors (Lipinski definition) is 5. The summed E-state index contributed by atoms with van der Waals surface area (Å²) in [6, 6.07) is 6.81. The van der Waals surface area contributed by atoms with Gasteiger partial charge in [0.2, 0.25) is 0 Å². The van der Waals surface area contributed by atoms with Crippen molar-refractivity contribution < 1.29 is 14.6 Å². The van der Waals surface area contributed by atoms with Gasteiger partial charge in [0, 0.05) is 57.7 Å². The molecule has 1 saturated heterocycles. The fourth-order valence-electron chi connectivity index (χ4n) is 6.65. The average molecular weight is 469 g/mol. The number of piperazine rings is 1. The highest BCUT2D eigenvalue weighted by Crippen LogP contribution is 2.51. The van der Waals surface area contributed by atoms with E-state index in [9.17, 15) is 9.90 Å². The zero-order chi connectivity index (χ0) is 24.6. The van der Waals surface area contributed by atoms with Gasteiger partial charge in [-0.2, -0.15) is 0 Å². The number of ether oxygens (including phenoxy) is 1. The maximum Gasteiger partial charge on any atom is 0.303 e. The van der Waals surface area contributed by atoms with Gasteiger partial charge in [-0.05, 0) is 80.2 Å². The summed E-state index contributed by atoms with van der Waals surface area (Å²) in [5, 5.41) is 11.8. The second-order valence-electron chi connectivity index (χ2n) is 11.4. The molecular weight excluding hydrogens is 424 g/mol. The average Bonchev–Trinajstić information content (AvgIpc) is 2.78. The quantitative estimate of drug-likeness (QED) is 0.500. The molecule has 2 fully saturated rings. The number of hydrogen-bond donors (Lipinski definition) is 1. The fourth-order valence-corrected chi connectivity index (χ4v) is 6.65. The third-order valence-corrected chi connectivity index (χ3v) is 9.10. The number of aliphatic hydroxyl groups is 1.